The molecule has 146 valence electrons. The van der Waals surface area contributed by atoms with Gasteiger partial charge in [-0.15, -0.1) is 11.3 Å². The van der Waals surface area contributed by atoms with E-state index in [0.29, 0.717) is 15.7 Å². The third kappa shape index (κ3) is 4.40. The molecule has 9 heteroatoms. The van der Waals surface area contributed by atoms with Crippen LogP contribution in [0.2, 0.25) is 5.02 Å². The van der Waals surface area contributed by atoms with Gasteiger partial charge in [0.15, 0.2) is 4.96 Å². The molecule has 2 aromatic heterocycles. The fourth-order valence-corrected chi connectivity index (χ4v) is 3.52. The summed E-state index contributed by atoms with van der Waals surface area (Å²) in [5, 5.41) is 4.71. The van der Waals surface area contributed by atoms with Crippen LogP contribution in [0.5, 0.6) is 0 Å². The zero-order valence-electron chi connectivity index (χ0n) is 15.2. The van der Waals surface area contributed by atoms with E-state index in [4.69, 9.17) is 16.3 Å². The molecule has 0 aliphatic heterocycles. The Morgan fingerprint density at radius 2 is 2.07 bits per heavy atom. The fourth-order valence-electron chi connectivity index (χ4n) is 2.56. The number of nitrogens with one attached hydrogen (secondary N) is 1. The number of hydrogen-bond donors (Lipinski definition) is 1. The third-order valence-corrected chi connectivity index (χ3v) is 5.13. The minimum Gasteiger partial charge on any atom is -0.458 e. The second-order valence-electron chi connectivity index (χ2n) is 6.42. The van der Waals surface area contributed by atoms with Gasteiger partial charge in [-0.1, -0.05) is 37.6 Å². The van der Waals surface area contributed by atoms with Gasteiger partial charge in [0, 0.05) is 17.6 Å². The Morgan fingerprint density at radius 3 is 2.79 bits per heavy atom. The van der Waals surface area contributed by atoms with Crippen LogP contribution in [-0.4, -0.2) is 27.3 Å². The quantitative estimate of drug-likeness (QED) is 0.620. The molecule has 0 spiro atoms. The highest BCUT2D eigenvalue weighted by Crippen LogP contribution is 2.16. The molecule has 3 aromatic rings. The fraction of sp³-hybridized carbons (Fsp3) is 0.263. The van der Waals surface area contributed by atoms with E-state index in [9.17, 15) is 14.4 Å². The summed E-state index contributed by atoms with van der Waals surface area (Å²) >= 11 is 7.35. The van der Waals surface area contributed by atoms with Gasteiger partial charge >= 0.3 is 5.97 Å². The van der Waals surface area contributed by atoms with Gasteiger partial charge < -0.3 is 10.1 Å². The summed E-state index contributed by atoms with van der Waals surface area (Å²) in [6.45, 7) is 3.43. The predicted molar refractivity (Wildman–Crippen MR) is 107 cm³/mol. The third-order valence-electron chi connectivity index (χ3n) is 4.04. The van der Waals surface area contributed by atoms with Crippen molar-refractivity contribution >= 4 is 39.8 Å². The van der Waals surface area contributed by atoms with Crippen LogP contribution in [0.3, 0.4) is 0 Å². The first kappa shape index (κ1) is 20.0. The summed E-state index contributed by atoms with van der Waals surface area (Å²) in [4.78, 5) is 41.8. The number of benzene rings is 1. The molecule has 2 heterocycles. The highest BCUT2D eigenvalue weighted by atomic mass is 35.5. The van der Waals surface area contributed by atoms with Crippen LogP contribution in [0.15, 0.2) is 46.7 Å². The molecule has 0 aliphatic rings. The van der Waals surface area contributed by atoms with E-state index >= 15 is 0 Å². The van der Waals surface area contributed by atoms with Crippen molar-refractivity contribution in [1.82, 2.24) is 14.7 Å². The molecule has 1 aromatic carbocycles. The number of nitrogens with zero attached hydrogens (tertiary/aromatic N) is 2. The zero-order chi connectivity index (χ0) is 20.3. The highest BCUT2D eigenvalue weighted by molar-refractivity contribution is 7.15. The summed E-state index contributed by atoms with van der Waals surface area (Å²) < 4.78 is 6.72. The largest absolute Gasteiger partial charge is 0.458 e. The van der Waals surface area contributed by atoms with Crippen molar-refractivity contribution in [1.29, 1.82) is 0 Å². The van der Waals surface area contributed by atoms with Crippen LogP contribution < -0.4 is 10.9 Å². The number of hydrogen-bond acceptors (Lipinski definition) is 6. The minimum atomic E-state index is -0.865. The second kappa shape index (κ2) is 8.53. The van der Waals surface area contributed by atoms with Gasteiger partial charge in [0.05, 0.1) is 16.3 Å². The lowest BCUT2D eigenvalue weighted by Crippen LogP contribution is -2.45. The first-order valence-corrected chi connectivity index (χ1v) is 9.80. The van der Waals surface area contributed by atoms with E-state index < -0.39 is 17.9 Å². The predicted octanol–water partition coefficient (Wildman–Crippen LogP) is 2.91. The van der Waals surface area contributed by atoms with Gasteiger partial charge in [-0.2, -0.15) is 0 Å². The maximum Gasteiger partial charge on any atom is 0.329 e. The number of fused-ring (bicyclic) bond motifs is 1. The summed E-state index contributed by atoms with van der Waals surface area (Å²) in [7, 11) is 0. The maximum absolute atomic E-state index is 12.5. The Balaban J connectivity index is 1.69. The summed E-state index contributed by atoms with van der Waals surface area (Å²) in [6.07, 6.45) is 1.63. The maximum atomic E-state index is 12.5. The molecule has 3 rings (SSSR count). The highest BCUT2D eigenvalue weighted by Gasteiger charge is 2.27. The van der Waals surface area contributed by atoms with Crippen molar-refractivity contribution in [3.63, 3.8) is 0 Å². The van der Waals surface area contributed by atoms with E-state index in [-0.39, 0.29) is 23.6 Å². The normalized spacial score (nSPS) is 12.1. The number of amides is 1. The lowest BCUT2D eigenvalue weighted by molar-refractivity contribution is -0.148. The van der Waals surface area contributed by atoms with Crippen LogP contribution >= 0.6 is 22.9 Å². The number of rotatable bonds is 6. The lowest BCUT2D eigenvalue weighted by atomic mass is 10.0. The Bertz CT molecular complexity index is 1080. The van der Waals surface area contributed by atoms with Gasteiger partial charge in [0.1, 0.15) is 12.6 Å². The number of thiazole rings is 1. The molecule has 7 nitrogen and oxygen atoms in total. The molecule has 0 radical (unpaired) electrons. The Hall–Kier alpha value is -2.71. The van der Waals surface area contributed by atoms with Crippen LogP contribution in [0.4, 0.5) is 0 Å². The molecular weight excluding hydrogens is 402 g/mol. The van der Waals surface area contributed by atoms with Crippen molar-refractivity contribution < 1.29 is 14.3 Å². The standard InChI is InChI=1S/C19H18ClN3O4S/c1-11(2)16(22-17(25)13-5-3-4-6-14(13)20)18(26)27-10-12-9-15(24)23-7-8-28-19(23)21-12/h3-9,11,16H,10H2,1-2H3,(H,22,25). The molecule has 0 saturated heterocycles. The number of esters is 1. The summed E-state index contributed by atoms with van der Waals surface area (Å²) in [5.41, 5.74) is 0.380. The number of ether oxygens (including phenoxy) is 1. The molecule has 0 aliphatic carbocycles. The average Bonchev–Trinajstić information content (AvgIpc) is 3.13. The van der Waals surface area contributed by atoms with E-state index in [1.54, 1.807) is 49.7 Å². The van der Waals surface area contributed by atoms with Gasteiger partial charge in [0.25, 0.3) is 11.5 Å². The van der Waals surface area contributed by atoms with Crippen molar-refractivity contribution in [2.75, 3.05) is 0 Å². The minimum absolute atomic E-state index is 0.159. The smallest absolute Gasteiger partial charge is 0.329 e. The monoisotopic (exact) mass is 419 g/mol. The van der Waals surface area contributed by atoms with Crippen molar-refractivity contribution in [3.05, 3.63) is 68.5 Å². The zero-order valence-corrected chi connectivity index (χ0v) is 16.8. The van der Waals surface area contributed by atoms with Crippen LogP contribution in [0, 0.1) is 5.92 Å². The number of carbonyl (C=O) groups excluding carboxylic acids is 2. The van der Waals surface area contributed by atoms with Gasteiger partial charge in [-0.25, -0.2) is 9.78 Å². The Labute approximate surface area is 169 Å². The molecule has 1 amide bonds. The molecule has 1 N–H and O–H groups in total. The molecule has 0 bridgehead atoms. The van der Waals surface area contributed by atoms with Crippen molar-refractivity contribution in [2.45, 2.75) is 26.5 Å². The van der Waals surface area contributed by atoms with E-state index in [0.717, 1.165) is 0 Å². The van der Waals surface area contributed by atoms with Gasteiger partial charge in [-0.3, -0.25) is 14.0 Å². The molecule has 28 heavy (non-hydrogen) atoms. The average molecular weight is 420 g/mol. The molecule has 1 atom stereocenters. The van der Waals surface area contributed by atoms with Gasteiger partial charge in [0.2, 0.25) is 0 Å². The first-order chi connectivity index (χ1) is 13.4. The summed E-state index contributed by atoms with van der Waals surface area (Å²) in [6, 6.07) is 7.04. The molecule has 1 unspecified atom stereocenters. The van der Waals surface area contributed by atoms with Gasteiger partial charge in [-0.05, 0) is 18.1 Å². The molecular formula is C19H18ClN3O4S. The number of aromatic nitrogens is 2. The number of carbonyl (C=O) groups is 2. The van der Waals surface area contributed by atoms with E-state index in [1.165, 1.54) is 21.8 Å². The lowest BCUT2D eigenvalue weighted by Gasteiger charge is -2.21. The van der Waals surface area contributed by atoms with Crippen molar-refractivity contribution in [3.8, 4) is 0 Å². The first-order valence-electron chi connectivity index (χ1n) is 8.54. The topological polar surface area (TPSA) is 89.8 Å². The Kier molecular flexibility index (Phi) is 6.11. The number of halogens is 1. The van der Waals surface area contributed by atoms with E-state index in [2.05, 4.69) is 10.3 Å². The summed E-state index contributed by atoms with van der Waals surface area (Å²) in [5.74, 6) is -1.28. The molecule has 0 fully saturated rings. The van der Waals surface area contributed by atoms with E-state index in [1.807, 2.05) is 0 Å². The molecule has 0 saturated carbocycles. The van der Waals surface area contributed by atoms with Crippen LogP contribution in [0.1, 0.15) is 29.9 Å². The van der Waals surface area contributed by atoms with Crippen LogP contribution in [-0.2, 0) is 16.1 Å². The van der Waals surface area contributed by atoms with Crippen molar-refractivity contribution in [2.24, 2.45) is 5.92 Å². The Morgan fingerprint density at radius 1 is 1.32 bits per heavy atom. The second-order valence-corrected chi connectivity index (χ2v) is 7.70. The SMILES string of the molecule is CC(C)C(NC(=O)c1ccccc1Cl)C(=O)OCc1cc(=O)n2ccsc2n1. The van der Waals surface area contributed by atoms with Crippen LogP contribution in [0.25, 0.3) is 4.96 Å².